The van der Waals surface area contributed by atoms with Gasteiger partial charge < -0.3 is 4.90 Å². The highest BCUT2D eigenvalue weighted by Gasteiger charge is 2.42. The summed E-state index contributed by atoms with van der Waals surface area (Å²) in [7, 11) is 0. The fourth-order valence-electron chi connectivity index (χ4n) is 4.56. The van der Waals surface area contributed by atoms with E-state index in [1.165, 1.54) is 31.2 Å². The highest BCUT2D eigenvalue weighted by atomic mass is 16.2. The van der Waals surface area contributed by atoms with E-state index in [-0.39, 0.29) is 6.04 Å². The van der Waals surface area contributed by atoms with E-state index >= 15 is 0 Å². The van der Waals surface area contributed by atoms with E-state index in [1.807, 2.05) is 6.20 Å². The molecule has 0 spiro atoms. The second kappa shape index (κ2) is 5.39. The Morgan fingerprint density at radius 1 is 1.24 bits per heavy atom. The largest absolute Gasteiger partial charge is 0.332 e. The maximum atomic E-state index is 12.7. The molecule has 1 aromatic heterocycles. The van der Waals surface area contributed by atoms with Gasteiger partial charge in [-0.3, -0.25) is 4.79 Å². The van der Waals surface area contributed by atoms with Crippen LogP contribution in [0.15, 0.2) is 12.5 Å². The van der Waals surface area contributed by atoms with Gasteiger partial charge >= 0.3 is 0 Å². The Morgan fingerprint density at radius 2 is 2.10 bits per heavy atom. The van der Waals surface area contributed by atoms with E-state index in [0.717, 1.165) is 43.7 Å². The van der Waals surface area contributed by atoms with E-state index in [1.54, 1.807) is 6.33 Å². The lowest BCUT2D eigenvalue weighted by Crippen LogP contribution is -2.42. The second-order valence-corrected chi connectivity index (χ2v) is 6.87. The third-order valence-electron chi connectivity index (χ3n) is 5.65. The van der Waals surface area contributed by atoms with Crippen LogP contribution < -0.4 is 0 Å². The molecule has 1 saturated heterocycles. The zero-order chi connectivity index (χ0) is 14.2. The number of carbonyl (C=O) groups is 1. The minimum Gasteiger partial charge on any atom is -0.332 e. The molecule has 2 unspecified atom stereocenters. The number of hydrogen-bond donors (Lipinski definition) is 0. The molecule has 2 fully saturated rings. The average molecular weight is 285 g/mol. The predicted octanol–water partition coefficient (Wildman–Crippen LogP) is 3.04. The first kappa shape index (κ1) is 13.2. The number of fused-ring (bicyclic) bond motifs is 4. The van der Waals surface area contributed by atoms with Crippen LogP contribution in [0.1, 0.15) is 68.7 Å². The average Bonchev–Trinajstić information content (AvgIpc) is 3.12. The molecule has 0 aromatic carbocycles. The molecule has 1 saturated carbocycles. The SMILES string of the molecule is O=C(CCC1CCCC1)N1C2CCC1c1cncnc1C2. The summed E-state index contributed by atoms with van der Waals surface area (Å²) in [6.45, 7) is 0. The summed E-state index contributed by atoms with van der Waals surface area (Å²) in [4.78, 5) is 23.5. The van der Waals surface area contributed by atoms with Crippen LogP contribution in [0.3, 0.4) is 0 Å². The van der Waals surface area contributed by atoms with Crippen LogP contribution in [0.5, 0.6) is 0 Å². The first-order valence-electron chi connectivity index (χ1n) is 8.43. The normalized spacial score (nSPS) is 27.9. The van der Waals surface area contributed by atoms with Crippen molar-refractivity contribution in [2.45, 2.75) is 69.9 Å². The molecule has 0 N–H and O–H groups in total. The molecule has 1 amide bonds. The van der Waals surface area contributed by atoms with Crippen molar-refractivity contribution in [1.29, 1.82) is 0 Å². The Kier molecular flexibility index (Phi) is 3.40. The molecular weight excluding hydrogens is 262 g/mol. The minimum atomic E-state index is 0.246. The summed E-state index contributed by atoms with van der Waals surface area (Å²) >= 11 is 0. The molecule has 3 heterocycles. The Balaban J connectivity index is 1.47. The van der Waals surface area contributed by atoms with E-state index in [0.29, 0.717) is 11.9 Å². The van der Waals surface area contributed by atoms with Crippen molar-refractivity contribution in [3.8, 4) is 0 Å². The molecule has 112 valence electrons. The number of amides is 1. The van der Waals surface area contributed by atoms with E-state index in [9.17, 15) is 4.79 Å². The fraction of sp³-hybridized carbons (Fsp3) is 0.706. The lowest BCUT2D eigenvalue weighted by Gasteiger charge is -2.35. The van der Waals surface area contributed by atoms with Crippen molar-refractivity contribution >= 4 is 5.91 Å². The molecule has 4 nitrogen and oxygen atoms in total. The molecular formula is C17H23N3O. The lowest BCUT2D eigenvalue weighted by atomic mass is 9.97. The molecule has 2 aliphatic heterocycles. The van der Waals surface area contributed by atoms with Crippen LogP contribution >= 0.6 is 0 Å². The van der Waals surface area contributed by atoms with Gasteiger partial charge in [-0.15, -0.1) is 0 Å². The maximum Gasteiger partial charge on any atom is 0.223 e. The molecule has 4 heteroatoms. The van der Waals surface area contributed by atoms with Gasteiger partial charge in [-0.05, 0) is 25.2 Å². The topological polar surface area (TPSA) is 46.1 Å². The zero-order valence-corrected chi connectivity index (χ0v) is 12.5. The summed E-state index contributed by atoms with van der Waals surface area (Å²) < 4.78 is 0. The third-order valence-corrected chi connectivity index (χ3v) is 5.65. The summed E-state index contributed by atoms with van der Waals surface area (Å²) in [6, 6.07) is 0.629. The summed E-state index contributed by atoms with van der Waals surface area (Å²) in [5, 5.41) is 0. The summed E-state index contributed by atoms with van der Waals surface area (Å²) in [5.74, 6) is 1.16. The van der Waals surface area contributed by atoms with Crippen molar-refractivity contribution in [1.82, 2.24) is 14.9 Å². The summed E-state index contributed by atoms with van der Waals surface area (Å²) in [6.07, 6.45) is 13.9. The van der Waals surface area contributed by atoms with Gasteiger partial charge in [-0.2, -0.15) is 0 Å². The molecule has 2 atom stereocenters. The van der Waals surface area contributed by atoms with Gasteiger partial charge in [0.05, 0.1) is 11.7 Å². The van der Waals surface area contributed by atoms with Crippen molar-refractivity contribution in [3.05, 3.63) is 23.8 Å². The van der Waals surface area contributed by atoms with Crippen molar-refractivity contribution < 1.29 is 4.79 Å². The van der Waals surface area contributed by atoms with Crippen molar-refractivity contribution in [3.63, 3.8) is 0 Å². The minimum absolute atomic E-state index is 0.246. The molecule has 0 radical (unpaired) electrons. The standard InChI is InChI=1S/C17H23N3O/c21-17(8-5-12-3-1-2-4-12)20-13-6-7-16(20)14-10-18-11-19-15(14)9-13/h10-13,16H,1-9H2. The van der Waals surface area contributed by atoms with E-state index < -0.39 is 0 Å². The maximum absolute atomic E-state index is 12.7. The Hall–Kier alpha value is -1.45. The second-order valence-electron chi connectivity index (χ2n) is 6.87. The van der Waals surface area contributed by atoms with Gasteiger partial charge in [-0.25, -0.2) is 9.97 Å². The molecule has 21 heavy (non-hydrogen) atoms. The van der Waals surface area contributed by atoms with Gasteiger partial charge in [0.1, 0.15) is 6.33 Å². The number of hydrogen-bond acceptors (Lipinski definition) is 3. The van der Waals surface area contributed by atoms with Crippen molar-refractivity contribution in [2.75, 3.05) is 0 Å². The third kappa shape index (κ3) is 2.34. The Morgan fingerprint density at radius 3 is 2.95 bits per heavy atom. The van der Waals surface area contributed by atoms with Gasteiger partial charge in [0.15, 0.2) is 0 Å². The lowest BCUT2D eigenvalue weighted by molar-refractivity contribution is -0.135. The Labute approximate surface area is 126 Å². The van der Waals surface area contributed by atoms with E-state index in [2.05, 4.69) is 14.9 Å². The molecule has 3 aliphatic rings. The summed E-state index contributed by atoms with van der Waals surface area (Å²) in [5.41, 5.74) is 2.36. The molecule has 1 aliphatic carbocycles. The van der Waals surface area contributed by atoms with Crippen LogP contribution in [0.2, 0.25) is 0 Å². The molecule has 2 bridgehead atoms. The van der Waals surface area contributed by atoms with Crippen LogP contribution in [0.4, 0.5) is 0 Å². The fourth-order valence-corrected chi connectivity index (χ4v) is 4.56. The molecule has 1 aromatic rings. The van der Waals surface area contributed by atoms with Crippen LogP contribution in [-0.2, 0) is 11.2 Å². The highest BCUT2D eigenvalue weighted by Crippen LogP contribution is 2.43. The number of nitrogens with zero attached hydrogens (tertiary/aromatic N) is 3. The first-order chi connectivity index (χ1) is 10.3. The number of rotatable bonds is 3. The monoisotopic (exact) mass is 285 g/mol. The smallest absolute Gasteiger partial charge is 0.223 e. The zero-order valence-electron chi connectivity index (χ0n) is 12.5. The van der Waals surface area contributed by atoms with Crippen LogP contribution in [-0.4, -0.2) is 26.8 Å². The van der Waals surface area contributed by atoms with Crippen molar-refractivity contribution in [2.24, 2.45) is 5.92 Å². The Bertz CT molecular complexity index is 539. The van der Waals surface area contributed by atoms with Gasteiger partial charge in [-0.1, -0.05) is 25.7 Å². The van der Waals surface area contributed by atoms with Crippen LogP contribution in [0.25, 0.3) is 0 Å². The van der Waals surface area contributed by atoms with Gasteiger partial charge in [0.2, 0.25) is 5.91 Å². The van der Waals surface area contributed by atoms with Crippen LogP contribution in [0, 0.1) is 5.92 Å². The quantitative estimate of drug-likeness (QED) is 0.857. The van der Waals surface area contributed by atoms with Gasteiger partial charge in [0.25, 0.3) is 0 Å². The molecule has 4 rings (SSSR count). The predicted molar refractivity (Wildman–Crippen MR) is 79.5 cm³/mol. The number of carbonyl (C=O) groups excluding carboxylic acids is 1. The van der Waals surface area contributed by atoms with E-state index in [4.69, 9.17) is 0 Å². The highest BCUT2D eigenvalue weighted by molar-refractivity contribution is 5.78. The van der Waals surface area contributed by atoms with Gasteiger partial charge in [0, 0.05) is 30.6 Å². The first-order valence-corrected chi connectivity index (χ1v) is 8.43. The number of aromatic nitrogens is 2.